The third-order valence-electron chi connectivity index (χ3n) is 8.65. The molecule has 2 aromatic carbocycles. The lowest BCUT2D eigenvalue weighted by Crippen LogP contribution is -2.37. The van der Waals surface area contributed by atoms with Crippen LogP contribution in [0.5, 0.6) is 0 Å². The van der Waals surface area contributed by atoms with Crippen LogP contribution in [0.1, 0.15) is 77.7 Å². The number of nitrogens with zero attached hydrogens (tertiary/aromatic N) is 3. The van der Waals surface area contributed by atoms with Crippen molar-refractivity contribution in [1.82, 2.24) is 19.7 Å². The van der Waals surface area contributed by atoms with E-state index >= 15 is 0 Å². The highest BCUT2D eigenvalue weighted by Crippen LogP contribution is 2.34. The summed E-state index contributed by atoms with van der Waals surface area (Å²) in [4.78, 5) is 24.6. The highest BCUT2D eigenvalue weighted by Gasteiger charge is 2.28. The number of para-hydroxylation sites is 1. The zero-order valence-corrected chi connectivity index (χ0v) is 23.1. The number of H-pyrrole nitrogens is 1. The first-order valence-corrected chi connectivity index (χ1v) is 14.4. The average molecular weight is 501 g/mol. The van der Waals surface area contributed by atoms with E-state index in [1.807, 2.05) is 0 Å². The molecule has 0 aliphatic carbocycles. The molecule has 1 amide bonds. The molecule has 0 radical (unpaired) electrons. The van der Waals surface area contributed by atoms with Gasteiger partial charge in [0.25, 0.3) is 5.91 Å². The highest BCUT2D eigenvalue weighted by atomic mass is 16.2. The van der Waals surface area contributed by atoms with E-state index in [4.69, 9.17) is 0 Å². The summed E-state index contributed by atoms with van der Waals surface area (Å²) < 4.78 is 0. The van der Waals surface area contributed by atoms with Crippen LogP contribution in [-0.2, 0) is 6.54 Å². The van der Waals surface area contributed by atoms with Gasteiger partial charge in [-0.15, -0.1) is 0 Å². The van der Waals surface area contributed by atoms with Gasteiger partial charge < -0.3 is 14.8 Å². The third-order valence-corrected chi connectivity index (χ3v) is 8.65. The van der Waals surface area contributed by atoms with Gasteiger partial charge in [-0.2, -0.15) is 0 Å². The minimum atomic E-state index is 0.175. The van der Waals surface area contributed by atoms with E-state index in [-0.39, 0.29) is 5.91 Å². The molecule has 2 aliphatic rings. The van der Waals surface area contributed by atoms with Crippen molar-refractivity contribution in [3.05, 3.63) is 70.4 Å². The molecule has 198 valence electrons. The number of aromatic nitrogens is 1. The quantitative estimate of drug-likeness (QED) is 0.425. The Balaban J connectivity index is 1.31. The minimum Gasteiger partial charge on any atom is -0.350 e. The summed E-state index contributed by atoms with van der Waals surface area (Å²) in [6, 6.07) is 15.1. The van der Waals surface area contributed by atoms with E-state index in [1.54, 1.807) is 5.56 Å². The first-order valence-electron chi connectivity index (χ1n) is 14.4. The summed E-state index contributed by atoms with van der Waals surface area (Å²) in [5, 5.41) is 1.20. The maximum atomic E-state index is 13.9. The summed E-state index contributed by atoms with van der Waals surface area (Å²) in [5.74, 6) is 0.809. The van der Waals surface area contributed by atoms with Crippen molar-refractivity contribution in [2.45, 2.75) is 65.3 Å². The van der Waals surface area contributed by atoms with E-state index < -0.39 is 0 Å². The van der Waals surface area contributed by atoms with Gasteiger partial charge in [-0.3, -0.25) is 9.69 Å². The van der Waals surface area contributed by atoms with E-state index in [0.717, 1.165) is 70.0 Å². The number of fused-ring (bicyclic) bond motifs is 1. The minimum absolute atomic E-state index is 0.175. The Morgan fingerprint density at radius 2 is 1.65 bits per heavy atom. The molecular weight excluding hydrogens is 456 g/mol. The fourth-order valence-corrected chi connectivity index (χ4v) is 6.56. The van der Waals surface area contributed by atoms with Gasteiger partial charge in [0, 0.05) is 42.6 Å². The first-order chi connectivity index (χ1) is 18.0. The number of hydrogen-bond acceptors (Lipinski definition) is 3. The highest BCUT2D eigenvalue weighted by molar-refractivity contribution is 6.01. The molecule has 1 N–H and O–H groups in total. The van der Waals surface area contributed by atoms with Crippen LogP contribution < -0.4 is 0 Å². The van der Waals surface area contributed by atoms with Crippen LogP contribution in [0.4, 0.5) is 0 Å². The summed E-state index contributed by atoms with van der Waals surface area (Å²) in [7, 11) is 0. The summed E-state index contributed by atoms with van der Waals surface area (Å²) in [6.07, 6.45) is 5.87. The monoisotopic (exact) mass is 500 g/mol. The lowest BCUT2D eigenvalue weighted by atomic mass is 9.84. The Labute approximate surface area is 222 Å². The van der Waals surface area contributed by atoms with Crippen molar-refractivity contribution in [1.29, 1.82) is 0 Å². The van der Waals surface area contributed by atoms with Gasteiger partial charge in [0.1, 0.15) is 5.69 Å². The zero-order chi connectivity index (χ0) is 25.8. The molecule has 2 saturated heterocycles. The van der Waals surface area contributed by atoms with E-state index in [1.165, 1.54) is 47.8 Å². The van der Waals surface area contributed by atoms with Gasteiger partial charge in [-0.25, -0.2) is 0 Å². The molecule has 2 aliphatic heterocycles. The molecule has 5 rings (SSSR count). The molecule has 0 atom stereocenters. The Kier molecular flexibility index (Phi) is 8.31. The van der Waals surface area contributed by atoms with Crippen LogP contribution in [0.15, 0.2) is 42.5 Å². The number of carbonyl (C=O) groups is 1. The van der Waals surface area contributed by atoms with Gasteiger partial charge in [-0.1, -0.05) is 49.7 Å². The lowest BCUT2D eigenvalue weighted by Gasteiger charge is -2.33. The maximum Gasteiger partial charge on any atom is 0.270 e. The second kappa shape index (κ2) is 11.8. The number of carbonyl (C=O) groups excluding carboxylic acids is 1. The summed E-state index contributed by atoms with van der Waals surface area (Å²) in [6.45, 7) is 14.6. The predicted molar refractivity (Wildman–Crippen MR) is 153 cm³/mol. The Morgan fingerprint density at radius 3 is 2.41 bits per heavy atom. The van der Waals surface area contributed by atoms with Crippen LogP contribution in [-0.4, -0.2) is 71.4 Å². The molecule has 0 spiro atoms. The van der Waals surface area contributed by atoms with E-state index in [0.29, 0.717) is 5.92 Å². The van der Waals surface area contributed by atoms with Crippen molar-refractivity contribution < 1.29 is 4.79 Å². The molecule has 0 bridgehead atoms. The molecule has 3 aromatic rings. The SMILES string of the molecule is CCCCN1CCCN(C(=O)c2[nH]c3ccccc3c2CN2CCC(c3c(C)cccc3C)CC2)CC1. The number of unbranched alkanes of at least 4 members (excludes halogenated alkanes) is 1. The average Bonchev–Trinajstić information content (AvgIpc) is 3.09. The standard InChI is InChI=1S/C32H44N4O/c1-4-5-16-34-17-9-18-36(22-21-34)32(37)31-28(27-12-6-7-13-29(27)33-31)23-35-19-14-26(15-20-35)30-24(2)10-8-11-25(30)3/h6-8,10-13,26,33H,4-5,9,14-23H2,1-3H3. The van der Waals surface area contributed by atoms with E-state index in [9.17, 15) is 4.79 Å². The Hall–Kier alpha value is -2.63. The number of amides is 1. The zero-order valence-electron chi connectivity index (χ0n) is 23.1. The number of aromatic amines is 1. The molecule has 0 unspecified atom stereocenters. The number of benzene rings is 2. The van der Waals surface area contributed by atoms with Gasteiger partial charge in [-0.05, 0) is 94.4 Å². The smallest absolute Gasteiger partial charge is 0.270 e. The molecule has 5 heteroatoms. The fourth-order valence-electron chi connectivity index (χ4n) is 6.56. The Bertz CT molecular complexity index is 1190. The maximum absolute atomic E-state index is 13.9. The second-order valence-electron chi connectivity index (χ2n) is 11.2. The molecule has 5 nitrogen and oxygen atoms in total. The molecular formula is C32H44N4O. The molecule has 37 heavy (non-hydrogen) atoms. The normalized spacial score (nSPS) is 18.4. The number of piperidine rings is 1. The molecule has 1 aromatic heterocycles. The van der Waals surface area contributed by atoms with Crippen molar-refractivity contribution in [2.75, 3.05) is 45.8 Å². The van der Waals surface area contributed by atoms with Crippen molar-refractivity contribution in [2.24, 2.45) is 0 Å². The molecule has 0 saturated carbocycles. The Morgan fingerprint density at radius 1 is 0.892 bits per heavy atom. The van der Waals surface area contributed by atoms with E-state index in [2.05, 4.69) is 82.9 Å². The number of aryl methyl sites for hydroxylation is 2. The first kappa shape index (κ1) is 26.0. The largest absolute Gasteiger partial charge is 0.350 e. The topological polar surface area (TPSA) is 42.6 Å². The lowest BCUT2D eigenvalue weighted by molar-refractivity contribution is 0.0753. The van der Waals surface area contributed by atoms with Gasteiger partial charge >= 0.3 is 0 Å². The van der Waals surface area contributed by atoms with Gasteiger partial charge in [0.05, 0.1) is 0 Å². The second-order valence-corrected chi connectivity index (χ2v) is 11.2. The molecule has 3 heterocycles. The van der Waals surface area contributed by atoms with Gasteiger partial charge in [0.2, 0.25) is 0 Å². The summed E-state index contributed by atoms with van der Waals surface area (Å²) in [5.41, 5.74) is 7.46. The van der Waals surface area contributed by atoms with Gasteiger partial charge in [0.15, 0.2) is 0 Å². The van der Waals surface area contributed by atoms with Crippen LogP contribution in [0.2, 0.25) is 0 Å². The van der Waals surface area contributed by atoms with Crippen molar-refractivity contribution >= 4 is 16.8 Å². The van der Waals surface area contributed by atoms with Crippen molar-refractivity contribution in [3.8, 4) is 0 Å². The number of rotatable bonds is 7. The van der Waals surface area contributed by atoms with Crippen molar-refractivity contribution in [3.63, 3.8) is 0 Å². The summed E-state index contributed by atoms with van der Waals surface area (Å²) >= 11 is 0. The van der Waals surface area contributed by atoms with Crippen LogP contribution in [0.3, 0.4) is 0 Å². The van der Waals surface area contributed by atoms with Crippen LogP contribution in [0, 0.1) is 13.8 Å². The number of nitrogens with one attached hydrogen (secondary N) is 1. The van der Waals surface area contributed by atoms with Crippen LogP contribution >= 0.6 is 0 Å². The fraction of sp³-hybridized carbons (Fsp3) is 0.531. The van der Waals surface area contributed by atoms with Crippen LogP contribution in [0.25, 0.3) is 10.9 Å². The molecule has 2 fully saturated rings. The predicted octanol–water partition coefficient (Wildman–Crippen LogP) is 6.11. The number of likely N-dealkylation sites (tertiary alicyclic amines) is 1. The number of hydrogen-bond donors (Lipinski definition) is 1. The third kappa shape index (κ3) is 5.78.